The van der Waals surface area contributed by atoms with Crippen LogP contribution >= 0.6 is 0 Å². The van der Waals surface area contributed by atoms with Gasteiger partial charge in [0.05, 0.1) is 18.6 Å². The highest BCUT2D eigenvalue weighted by atomic mass is 16.6. The lowest BCUT2D eigenvalue weighted by atomic mass is 10.1. The van der Waals surface area contributed by atoms with Crippen molar-refractivity contribution in [3.8, 4) is 0 Å². The first-order chi connectivity index (χ1) is 18.7. The predicted octanol–water partition coefficient (Wildman–Crippen LogP) is 5.61. The standard InChI is InChI=1S/3C10H11NO2/c1-8(12)10-5-3-9(4-6-10)7-11-13-2;1-8(12)10-5-3-4-9(6-10)7-11-13-2;1-8(12)10-6-4-3-5-9(10)7-11-13-2/h3*3-7H,1-2H3. The van der Waals surface area contributed by atoms with Gasteiger partial charge in [0.1, 0.15) is 21.3 Å². The fraction of sp³-hybridized carbons (Fsp3) is 0.200. The van der Waals surface area contributed by atoms with Crippen molar-refractivity contribution in [3.63, 3.8) is 0 Å². The van der Waals surface area contributed by atoms with Crippen LogP contribution in [0.3, 0.4) is 0 Å². The van der Waals surface area contributed by atoms with E-state index in [0.29, 0.717) is 16.7 Å². The molecule has 0 atom stereocenters. The Hall–Kier alpha value is -4.92. The molecule has 0 saturated carbocycles. The van der Waals surface area contributed by atoms with Crippen LogP contribution in [-0.4, -0.2) is 57.3 Å². The average molecular weight is 532 g/mol. The van der Waals surface area contributed by atoms with Gasteiger partial charge in [0.15, 0.2) is 17.3 Å². The maximum absolute atomic E-state index is 11.1. The summed E-state index contributed by atoms with van der Waals surface area (Å²) in [5.74, 6) is 0.140. The number of hydrogen-bond donors (Lipinski definition) is 0. The summed E-state index contributed by atoms with van der Waals surface area (Å²) < 4.78 is 0. The first-order valence-corrected chi connectivity index (χ1v) is 11.7. The van der Waals surface area contributed by atoms with Gasteiger partial charge in [0, 0.05) is 22.3 Å². The molecule has 0 heterocycles. The molecule has 0 amide bonds. The van der Waals surface area contributed by atoms with E-state index in [1.165, 1.54) is 48.3 Å². The summed E-state index contributed by atoms with van der Waals surface area (Å²) in [5, 5.41) is 10.8. The van der Waals surface area contributed by atoms with Crippen molar-refractivity contribution >= 4 is 36.0 Å². The summed E-state index contributed by atoms with van der Waals surface area (Å²) in [5.41, 5.74) is 4.58. The van der Waals surface area contributed by atoms with Crippen LogP contribution in [0.5, 0.6) is 0 Å². The van der Waals surface area contributed by atoms with Crippen LogP contribution in [0.25, 0.3) is 0 Å². The lowest BCUT2D eigenvalue weighted by Crippen LogP contribution is -1.98. The number of carbonyl (C=O) groups is 3. The largest absolute Gasteiger partial charge is 0.399 e. The summed E-state index contributed by atoms with van der Waals surface area (Å²) in [6, 6.07) is 21.6. The molecule has 204 valence electrons. The van der Waals surface area contributed by atoms with Crippen molar-refractivity contribution in [2.75, 3.05) is 21.3 Å². The second-order valence-corrected chi connectivity index (χ2v) is 7.75. The van der Waals surface area contributed by atoms with Gasteiger partial charge in [0.2, 0.25) is 0 Å². The minimum absolute atomic E-state index is 0.0261. The molecule has 0 aliphatic heterocycles. The minimum Gasteiger partial charge on any atom is -0.399 e. The topological polar surface area (TPSA) is 116 Å². The molecule has 0 fully saturated rings. The highest BCUT2D eigenvalue weighted by Crippen LogP contribution is 2.07. The molecule has 9 heteroatoms. The summed E-state index contributed by atoms with van der Waals surface area (Å²) in [6.07, 6.45) is 4.67. The molecular weight excluding hydrogens is 498 g/mol. The van der Waals surface area contributed by atoms with E-state index in [1.807, 2.05) is 42.5 Å². The number of rotatable bonds is 9. The van der Waals surface area contributed by atoms with E-state index in [-0.39, 0.29) is 17.3 Å². The van der Waals surface area contributed by atoms with Crippen molar-refractivity contribution < 1.29 is 28.9 Å². The smallest absolute Gasteiger partial charge is 0.160 e. The molecule has 0 N–H and O–H groups in total. The first-order valence-electron chi connectivity index (χ1n) is 11.7. The van der Waals surface area contributed by atoms with Gasteiger partial charge in [-0.15, -0.1) is 0 Å². The summed E-state index contributed by atoms with van der Waals surface area (Å²) >= 11 is 0. The van der Waals surface area contributed by atoms with Crippen molar-refractivity contribution in [1.29, 1.82) is 0 Å². The zero-order valence-electron chi connectivity index (χ0n) is 23.0. The molecule has 0 saturated heterocycles. The van der Waals surface area contributed by atoms with Gasteiger partial charge in [-0.2, -0.15) is 0 Å². The third kappa shape index (κ3) is 12.7. The van der Waals surface area contributed by atoms with Gasteiger partial charge < -0.3 is 14.5 Å². The molecule has 39 heavy (non-hydrogen) atoms. The Kier molecular flexibility index (Phi) is 15.1. The number of hydrogen-bond acceptors (Lipinski definition) is 9. The molecule has 0 radical (unpaired) electrons. The number of carbonyl (C=O) groups excluding carboxylic acids is 3. The molecule has 0 bridgehead atoms. The lowest BCUT2D eigenvalue weighted by Gasteiger charge is -1.99. The number of ketones is 3. The van der Waals surface area contributed by atoms with E-state index >= 15 is 0 Å². The minimum atomic E-state index is 0.0261. The van der Waals surface area contributed by atoms with Gasteiger partial charge in [-0.25, -0.2) is 0 Å². The molecule has 3 rings (SSSR count). The summed E-state index contributed by atoms with van der Waals surface area (Å²) in [6.45, 7) is 4.60. The average Bonchev–Trinajstić information content (AvgIpc) is 2.95. The number of oxime groups is 3. The molecule has 0 aliphatic carbocycles. The highest BCUT2D eigenvalue weighted by Gasteiger charge is 2.03. The summed E-state index contributed by atoms with van der Waals surface area (Å²) in [4.78, 5) is 46.6. The normalized spacial score (nSPS) is 10.3. The molecule has 0 aliphatic rings. The van der Waals surface area contributed by atoms with E-state index in [0.717, 1.165) is 16.7 Å². The Morgan fingerprint density at radius 3 is 1.64 bits per heavy atom. The highest BCUT2D eigenvalue weighted by molar-refractivity contribution is 6.02. The van der Waals surface area contributed by atoms with Crippen molar-refractivity contribution in [3.05, 3.63) is 106 Å². The Morgan fingerprint density at radius 1 is 0.564 bits per heavy atom. The lowest BCUT2D eigenvalue weighted by molar-refractivity contribution is 0.100. The van der Waals surface area contributed by atoms with E-state index < -0.39 is 0 Å². The van der Waals surface area contributed by atoms with Crippen molar-refractivity contribution in [1.82, 2.24) is 0 Å². The van der Waals surface area contributed by atoms with E-state index in [4.69, 9.17) is 0 Å². The van der Waals surface area contributed by atoms with Gasteiger partial charge in [0.25, 0.3) is 0 Å². The van der Waals surface area contributed by atoms with Gasteiger partial charge in [-0.05, 0) is 38.0 Å². The zero-order chi connectivity index (χ0) is 29.0. The van der Waals surface area contributed by atoms with Gasteiger partial charge in [-0.3, -0.25) is 14.4 Å². The third-order valence-electron chi connectivity index (χ3n) is 4.86. The zero-order valence-corrected chi connectivity index (χ0v) is 23.0. The van der Waals surface area contributed by atoms with Crippen LogP contribution in [0, 0.1) is 0 Å². The molecule has 3 aromatic rings. The Bertz CT molecular complexity index is 1300. The van der Waals surface area contributed by atoms with Crippen LogP contribution in [-0.2, 0) is 14.5 Å². The van der Waals surface area contributed by atoms with Crippen LogP contribution in [0.4, 0.5) is 0 Å². The van der Waals surface area contributed by atoms with Crippen molar-refractivity contribution in [2.45, 2.75) is 20.8 Å². The van der Waals surface area contributed by atoms with E-state index in [9.17, 15) is 14.4 Å². The van der Waals surface area contributed by atoms with Crippen LogP contribution in [0.2, 0.25) is 0 Å². The predicted molar refractivity (Wildman–Crippen MR) is 153 cm³/mol. The van der Waals surface area contributed by atoms with Crippen LogP contribution in [0.1, 0.15) is 68.5 Å². The van der Waals surface area contributed by atoms with Gasteiger partial charge >= 0.3 is 0 Å². The second kappa shape index (κ2) is 18.3. The monoisotopic (exact) mass is 531 g/mol. The molecule has 3 aromatic carbocycles. The third-order valence-corrected chi connectivity index (χ3v) is 4.86. The second-order valence-electron chi connectivity index (χ2n) is 7.75. The molecule has 0 aromatic heterocycles. The van der Waals surface area contributed by atoms with Crippen LogP contribution < -0.4 is 0 Å². The molecule has 0 spiro atoms. The SMILES string of the molecule is CON=Cc1ccc(C(C)=O)cc1.CON=Cc1cccc(C(C)=O)c1.CON=Cc1ccccc1C(C)=O. The molecule has 0 unspecified atom stereocenters. The number of benzene rings is 3. The maximum Gasteiger partial charge on any atom is 0.160 e. The van der Waals surface area contributed by atoms with E-state index in [2.05, 4.69) is 30.0 Å². The Balaban J connectivity index is 0.000000292. The maximum atomic E-state index is 11.1. The van der Waals surface area contributed by atoms with Gasteiger partial charge in [-0.1, -0.05) is 82.2 Å². The van der Waals surface area contributed by atoms with Crippen LogP contribution in [0.15, 0.2) is 88.3 Å². The number of nitrogens with zero attached hydrogens (tertiary/aromatic N) is 3. The van der Waals surface area contributed by atoms with E-state index in [1.54, 1.807) is 42.8 Å². The Morgan fingerprint density at radius 2 is 1.10 bits per heavy atom. The van der Waals surface area contributed by atoms with Crippen molar-refractivity contribution in [2.24, 2.45) is 15.5 Å². The Labute approximate surface area is 228 Å². The molecule has 9 nitrogen and oxygen atoms in total. The fourth-order valence-corrected chi connectivity index (χ4v) is 2.91. The first kappa shape index (κ1) is 32.1. The quantitative estimate of drug-likeness (QED) is 0.201. The molecular formula is C30H33N3O6. The fourth-order valence-electron chi connectivity index (χ4n) is 2.91. The number of Topliss-reactive ketones (excluding diaryl/α,β-unsaturated/α-hetero) is 3. The summed E-state index contributed by atoms with van der Waals surface area (Å²) in [7, 11) is 4.43.